The topological polar surface area (TPSA) is 73.8 Å². The molecule has 7 nitrogen and oxygen atoms in total. The molecule has 0 N–H and O–H groups in total. The van der Waals surface area contributed by atoms with Crippen molar-refractivity contribution in [3.05, 3.63) is 29.3 Å². The van der Waals surface area contributed by atoms with Gasteiger partial charge in [0.05, 0.1) is 15.2 Å². The number of benzene rings is 1. The van der Waals surface area contributed by atoms with Crippen molar-refractivity contribution in [2.75, 3.05) is 39.3 Å². The van der Waals surface area contributed by atoms with Crippen LogP contribution in [0.5, 0.6) is 0 Å². The van der Waals surface area contributed by atoms with Crippen molar-refractivity contribution in [3.8, 4) is 0 Å². The first-order valence-corrected chi connectivity index (χ1v) is 12.0. The molecule has 1 aromatic carbocycles. The molecule has 2 aromatic rings. The van der Waals surface area contributed by atoms with E-state index in [-0.39, 0.29) is 5.91 Å². The quantitative estimate of drug-likeness (QED) is 0.652. The van der Waals surface area contributed by atoms with Crippen LogP contribution >= 0.6 is 11.3 Å². The fraction of sp³-hybridized carbons (Fsp3) is 0.579. The number of thiazole rings is 1. The number of hydrogen-bond acceptors (Lipinski definition) is 5. The van der Waals surface area contributed by atoms with Gasteiger partial charge >= 0.3 is 0 Å². The maximum Gasteiger partial charge on any atom is 0.282 e. The lowest BCUT2D eigenvalue weighted by Gasteiger charge is -2.36. The van der Waals surface area contributed by atoms with Gasteiger partial charge in [-0.05, 0) is 25.0 Å². The predicted molar refractivity (Wildman–Crippen MR) is 113 cm³/mol. The first-order chi connectivity index (χ1) is 13.5. The van der Waals surface area contributed by atoms with Crippen molar-refractivity contribution in [3.63, 3.8) is 0 Å². The van der Waals surface area contributed by atoms with Crippen LogP contribution in [0.15, 0.2) is 24.3 Å². The van der Waals surface area contributed by atoms with Crippen molar-refractivity contribution in [2.24, 2.45) is 0 Å². The summed E-state index contributed by atoms with van der Waals surface area (Å²) < 4.78 is 29.3. The van der Waals surface area contributed by atoms with Gasteiger partial charge in [-0.2, -0.15) is 17.0 Å². The zero-order chi connectivity index (χ0) is 20.1. The van der Waals surface area contributed by atoms with Crippen LogP contribution in [0.1, 0.15) is 31.7 Å². The number of carbonyl (C=O) groups is 1. The molecular formula is C19H28N4O3S2. The van der Waals surface area contributed by atoms with E-state index in [0.29, 0.717) is 45.7 Å². The number of nitrogens with zero attached hydrogens (tertiary/aromatic N) is 4. The maximum atomic E-state index is 12.6. The summed E-state index contributed by atoms with van der Waals surface area (Å²) in [6, 6.07) is 8.06. The molecule has 0 saturated carbocycles. The van der Waals surface area contributed by atoms with Crippen molar-refractivity contribution < 1.29 is 13.2 Å². The number of piperazine rings is 1. The lowest BCUT2D eigenvalue weighted by molar-refractivity contribution is -0.132. The summed E-state index contributed by atoms with van der Waals surface area (Å²) in [6.45, 7) is 6.25. The minimum absolute atomic E-state index is 0.0981. The van der Waals surface area contributed by atoms with Crippen molar-refractivity contribution in [1.29, 1.82) is 0 Å². The Labute approximate surface area is 171 Å². The average molecular weight is 425 g/mol. The second-order valence-electron chi connectivity index (χ2n) is 6.80. The molecular weight excluding hydrogens is 396 g/mol. The van der Waals surface area contributed by atoms with E-state index in [4.69, 9.17) is 0 Å². The van der Waals surface area contributed by atoms with E-state index in [1.807, 2.05) is 32.0 Å². The van der Waals surface area contributed by atoms with Crippen LogP contribution in [0.2, 0.25) is 0 Å². The zero-order valence-electron chi connectivity index (χ0n) is 16.5. The van der Waals surface area contributed by atoms with Gasteiger partial charge in [0.25, 0.3) is 10.2 Å². The third-order valence-corrected chi connectivity index (χ3v) is 8.35. The Hall–Kier alpha value is -1.55. The summed E-state index contributed by atoms with van der Waals surface area (Å²) in [4.78, 5) is 18.9. The molecule has 1 saturated heterocycles. The minimum Gasteiger partial charge on any atom is -0.340 e. The normalized spacial score (nSPS) is 16.2. The van der Waals surface area contributed by atoms with Gasteiger partial charge in [0.2, 0.25) is 5.91 Å². The Kier molecular flexibility index (Phi) is 7.03. The third-order valence-electron chi connectivity index (χ3n) is 5.07. The number of aryl methyl sites for hydroxylation is 1. The summed E-state index contributed by atoms with van der Waals surface area (Å²) in [5.41, 5.74) is 1.01. The highest BCUT2D eigenvalue weighted by Gasteiger charge is 2.31. The summed E-state index contributed by atoms with van der Waals surface area (Å²) in [5, 5.41) is 1.06. The second kappa shape index (κ2) is 9.30. The molecule has 2 heterocycles. The van der Waals surface area contributed by atoms with Gasteiger partial charge in [0, 0.05) is 45.7 Å². The molecule has 9 heteroatoms. The molecule has 1 aromatic heterocycles. The molecule has 1 fully saturated rings. The minimum atomic E-state index is -3.42. The lowest BCUT2D eigenvalue weighted by atomic mass is 10.2. The molecule has 0 atom stereocenters. The smallest absolute Gasteiger partial charge is 0.282 e. The standard InChI is InChI=1S/C19H28N4O3S2/c1-3-22(4-2)28(25,26)23-14-12-21(13-15-23)19(24)11-7-10-18-20-16-8-5-6-9-17(16)27-18/h5-6,8-9H,3-4,7,10-15H2,1-2H3. The van der Waals surface area contributed by atoms with Crippen molar-refractivity contribution in [1.82, 2.24) is 18.5 Å². The molecule has 1 amide bonds. The van der Waals surface area contributed by atoms with Crippen LogP contribution in [0.25, 0.3) is 10.2 Å². The maximum absolute atomic E-state index is 12.6. The molecule has 0 radical (unpaired) electrons. The van der Waals surface area contributed by atoms with E-state index < -0.39 is 10.2 Å². The predicted octanol–water partition coefficient (Wildman–Crippen LogP) is 2.35. The van der Waals surface area contributed by atoms with Crippen LogP contribution in [0, 0.1) is 0 Å². The Balaban J connectivity index is 1.46. The molecule has 3 rings (SSSR count). The first kappa shape index (κ1) is 21.2. The number of hydrogen-bond donors (Lipinski definition) is 0. The molecule has 0 bridgehead atoms. The Morgan fingerprint density at radius 3 is 2.46 bits per heavy atom. The van der Waals surface area contributed by atoms with Gasteiger partial charge < -0.3 is 4.90 Å². The highest BCUT2D eigenvalue weighted by Crippen LogP contribution is 2.23. The van der Waals surface area contributed by atoms with Crippen LogP contribution < -0.4 is 0 Å². The summed E-state index contributed by atoms with van der Waals surface area (Å²) in [6.07, 6.45) is 2.02. The van der Waals surface area contributed by atoms with Gasteiger partial charge in [0.1, 0.15) is 0 Å². The van der Waals surface area contributed by atoms with E-state index in [9.17, 15) is 13.2 Å². The monoisotopic (exact) mass is 424 g/mol. The largest absolute Gasteiger partial charge is 0.340 e. The second-order valence-corrected chi connectivity index (χ2v) is 9.84. The lowest BCUT2D eigenvalue weighted by Crippen LogP contribution is -2.54. The van der Waals surface area contributed by atoms with E-state index >= 15 is 0 Å². The Bertz CT molecular complexity index is 868. The SMILES string of the molecule is CCN(CC)S(=O)(=O)N1CCN(C(=O)CCCc2nc3ccccc3s2)CC1. The van der Waals surface area contributed by atoms with Crippen molar-refractivity contribution >= 4 is 37.7 Å². The number of aromatic nitrogens is 1. The summed E-state index contributed by atoms with van der Waals surface area (Å²) >= 11 is 1.68. The number of fused-ring (bicyclic) bond motifs is 1. The van der Waals surface area contributed by atoms with Crippen LogP contribution in [0.3, 0.4) is 0 Å². The Morgan fingerprint density at radius 2 is 1.82 bits per heavy atom. The van der Waals surface area contributed by atoms with E-state index in [2.05, 4.69) is 11.1 Å². The molecule has 0 aliphatic carbocycles. The first-order valence-electron chi connectivity index (χ1n) is 9.83. The fourth-order valence-corrected chi connectivity index (χ4v) is 6.07. The summed E-state index contributed by atoms with van der Waals surface area (Å²) in [7, 11) is -3.42. The number of carbonyl (C=O) groups excluding carboxylic acids is 1. The van der Waals surface area contributed by atoms with Crippen molar-refractivity contribution in [2.45, 2.75) is 33.1 Å². The van der Waals surface area contributed by atoms with E-state index in [1.165, 1.54) is 13.3 Å². The Morgan fingerprint density at radius 1 is 1.14 bits per heavy atom. The molecule has 1 aliphatic heterocycles. The molecule has 0 spiro atoms. The molecule has 1 aliphatic rings. The van der Waals surface area contributed by atoms with E-state index in [0.717, 1.165) is 23.4 Å². The number of amides is 1. The van der Waals surface area contributed by atoms with Gasteiger partial charge in [-0.15, -0.1) is 11.3 Å². The fourth-order valence-electron chi connectivity index (χ4n) is 3.46. The van der Waals surface area contributed by atoms with E-state index in [1.54, 1.807) is 16.2 Å². The summed E-state index contributed by atoms with van der Waals surface area (Å²) in [5.74, 6) is 0.0981. The van der Waals surface area contributed by atoms with Crippen LogP contribution in [0.4, 0.5) is 0 Å². The number of para-hydroxylation sites is 1. The van der Waals surface area contributed by atoms with Gasteiger partial charge in [-0.1, -0.05) is 26.0 Å². The highest BCUT2D eigenvalue weighted by atomic mass is 32.2. The van der Waals surface area contributed by atoms with Gasteiger partial charge in [-0.3, -0.25) is 4.79 Å². The third kappa shape index (κ3) is 4.71. The highest BCUT2D eigenvalue weighted by molar-refractivity contribution is 7.86. The van der Waals surface area contributed by atoms with Gasteiger partial charge in [-0.25, -0.2) is 4.98 Å². The van der Waals surface area contributed by atoms with Gasteiger partial charge in [0.15, 0.2) is 0 Å². The molecule has 0 unspecified atom stereocenters. The van der Waals surface area contributed by atoms with Crippen LogP contribution in [-0.4, -0.2) is 72.1 Å². The number of rotatable bonds is 8. The molecule has 154 valence electrons. The van der Waals surface area contributed by atoms with Crippen LogP contribution in [-0.2, 0) is 21.4 Å². The average Bonchev–Trinajstić information content (AvgIpc) is 3.11. The molecule has 28 heavy (non-hydrogen) atoms. The zero-order valence-corrected chi connectivity index (χ0v) is 18.1.